The van der Waals surface area contributed by atoms with Crippen LogP contribution in [0.2, 0.25) is 0 Å². The Kier molecular flexibility index (Phi) is 8.27. The van der Waals surface area contributed by atoms with Crippen molar-refractivity contribution in [3.63, 3.8) is 0 Å². The summed E-state index contributed by atoms with van der Waals surface area (Å²) in [6, 6.07) is 3.19. The third kappa shape index (κ3) is 7.16. The number of amides is 1. The van der Waals surface area contributed by atoms with Gasteiger partial charge in [-0.25, -0.2) is 18.7 Å². The van der Waals surface area contributed by atoms with Gasteiger partial charge in [-0.3, -0.25) is 14.7 Å². The smallest absolute Gasteiger partial charge is 0.434 e. The first-order valence-electron chi connectivity index (χ1n) is 11.4. The van der Waals surface area contributed by atoms with Crippen LogP contribution in [0.4, 0.5) is 27.6 Å². The lowest BCUT2D eigenvalue weighted by atomic mass is 10.1. The van der Waals surface area contributed by atoms with Crippen LogP contribution in [-0.2, 0) is 12.6 Å². The summed E-state index contributed by atoms with van der Waals surface area (Å²) in [6.07, 6.45) is -2.56. The maximum Gasteiger partial charge on any atom is 0.434 e. The van der Waals surface area contributed by atoms with Crippen molar-refractivity contribution in [3.8, 4) is 5.88 Å². The van der Waals surface area contributed by atoms with E-state index in [0.29, 0.717) is 47.0 Å². The molecule has 0 spiro atoms. The maximum absolute atomic E-state index is 13.0. The molecule has 0 aliphatic carbocycles. The second kappa shape index (κ2) is 11.4. The molecular weight excluding hydrogens is 519 g/mol. The molecule has 37 heavy (non-hydrogen) atoms. The van der Waals surface area contributed by atoms with Crippen LogP contribution in [0.15, 0.2) is 30.7 Å². The first kappa shape index (κ1) is 26.8. The zero-order valence-electron chi connectivity index (χ0n) is 19.6. The van der Waals surface area contributed by atoms with E-state index in [2.05, 4.69) is 24.6 Å². The molecule has 4 rings (SSSR count). The molecule has 0 aromatic carbocycles. The summed E-state index contributed by atoms with van der Waals surface area (Å²) in [4.78, 5) is 26.6. The summed E-state index contributed by atoms with van der Waals surface area (Å²) in [5.41, 5.74) is 0.336. The number of piperidine rings is 1. The number of carbonyl (C=O) groups excluding carboxylic acids is 1. The third-order valence-electron chi connectivity index (χ3n) is 5.64. The van der Waals surface area contributed by atoms with Gasteiger partial charge in [-0.1, -0.05) is 0 Å². The lowest BCUT2D eigenvalue weighted by Crippen LogP contribution is -2.43. The van der Waals surface area contributed by atoms with Crippen molar-refractivity contribution in [2.75, 3.05) is 25.0 Å². The number of pyridine rings is 1. The van der Waals surface area contributed by atoms with Crippen LogP contribution in [0.25, 0.3) is 0 Å². The van der Waals surface area contributed by atoms with E-state index in [0.717, 1.165) is 30.6 Å². The van der Waals surface area contributed by atoms with E-state index in [4.69, 9.17) is 4.74 Å². The van der Waals surface area contributed by atoms with Crippen molar-refractivity contribution in [2.24, 2.45) is 0 Å². The number of nitrogens with zero attached hydrogens (tertiary/aromatic N) is 5. The normalized spacial score (nSPS) is 16.7. The lowest BCUT2D eigenvalue weighted by molar-refractivity contribution is -0.141. The number of aromatic nitrogens is 4. The number of alkyl halides is 5. The summed E-state index contributed by atoms with van der Waals surface area (Å²) < 4.78 is 73.5. The number of halogens is 5. The molecule has 1 saturated heterocycles. The number of anilines is 1. The van der Waals surface area contributed by atoms with Crippen molar-refractivity contribution in [1.29, 1.82) is 0 Å². The summed E-state index contributed by atoms with van der Waals surface area (Å²) in [5.74, 6) is -0.136. The van der Waals surface area contributed by atoms with Gasteiger partial charge in [0.1, 0.15) is 6.10 Å². The average Bonchev–Trinajstić information content (AvgIpc) is 3.20. The number of nitrogens with one attached hydrogen (secondary N) is 1. The van der Waals surface area contributed by atoms with Crippen LogP contribution >= 0.6 is 11.5 Å². The largest absolute Gasteiger partial charge is 0.473 e. The number of ether oxygens (including phenoxy) is 1. The highest BCUT2D eigenvalue weighted by Gasteiger charge is 2.33. The first-order valence-corrected chi connectivity index (χ1v) is 12.1. The molecule has 0 unspecified atom stereocenters. The SMILES string of the molecule is Cc1nsc(Cc2cnc(C(F)(F)F)cn2)c1C(=O)Nc1ccc(O[C@@H]2CCCN(CC(F)F)C2)nc1. The Balaban J connectivity index is 1.37. The van der Waals surface area contributed by atoms with E-state index < -0.39 is 24.2 Å². The Labute approximate surface area is 213 Å². The fourth-order valence-corrected chi connectivity index (χ4v) is 4.83. The standard InChI is InChI=1S/C23H23F5N6O2S/c1-13-21(17(37-33-13)7-15-9-30-18(10-29-15)23(26,27)28)22(35)32-14-4-5-20(31-8-14)36-16-3-2-6-34(11-16)12-19(24)25/h4-5,8-10,16,19H,2-3,6-7,11-12H2,1H3,(H,32,35)/t16-/m1/s1. The average molecular weight is 543 g/mol. The summed E-state index contributed by atoms with van der Waals surface area (Å²) in [5, 5.41) is 2.73. The van der Waals surface area contributed by atoms with Crippen LogP contribution in [0.1, 0.15) is 45.2 Å². The number of carbonyl (C=O) groups is 1. The predicted octanol–water partition coefficient (Wildman–Crippen LogP) is 4.61. The lowest BCUT2D eigenvalue weighted by Gasteiger charge is -2.32. The minimum Gasteiger partial charge on any atom is -0.473 e. The number of hydrogen-bond acceptors (Lipinski definition) is 8. The zero-order valence-corrected chi connectivity index (χ0v) is 20.5. The van der Waals surface area contributed by atoms with Crippen LogP contribution in [0.3, 0.4) is 0 Å². The fraction of sp³-hybridized carbons (Fsp3) is 0.435. The van der Waals surface area contributed by atoms with Gasteiger partial charge >= 0.3 is 6.18 Å². The number of hydrogen-bond donors (Lipinski definition) is 1. The molecule has 0 saturated carbocycles. The Morgan fingerprint density at radius 3 is 2.68 bits per heavy atom. The van der Waals surface area contributed by atoms with E-state index in [1.807, 2.05) is 0 Å². The van der Waals surface area contributed by atoms with Gasteiger partial charge in [-0.15, -0.1) is 0 Å². The fourth-order valence-electron chi connectivity index (χ4n) is 3.94. The summed E-state index contributed by atoms with van der Waals surface area (Å²) in [7, 11) is 0. The van der Waals surface area contributed by atoms with Gasteiger partial charge < -0.3 is 10.1 Å². The molecule has 8 nitrogen and oxygen atoms in total. The van der Waals surface area contributed by atoms with E-state index in [1.54, 1.807) is 24.0 Å². The van der Waals surface area contributed by atoms with Gasteiger partial charge in [0.05, 0.1) is 41.6 Å². The Bertz CT molecular complexity index is 1200. The predicted molar refractivity (Wildman–Crippen MR) is 125 cm³/mol. The molecule has 3 aromatic heterocycles. The van der Waals surface area contributed by atoms with Gasteiger partial charge in [0, 0.05) is 30.1 Å². The molecule has 3 aromatic rings. The van der Waals surface area contributed by atoms with Crippen molar-refractivity contribution in [1.82, 2.24) is 24.2 Å². The van der Waals surface area contributed by atoms with Crippen LogP contribution in [-0.4, -0.2) is 62.3 Å². The molecule has 1 aliphatic rings. The van der Waals surface area contributed by atoms with Crippen molar-refractivity contribution in [2.45, 2.75) is 44.9 Å². The summed E-state index contributed by atoms with van der Waals surface area (Å²) in [6.45, 7) is 2.36. The molecule has 1 N–H and O–H groups in total. The molecule has 4 heterocycles. The molecule has 1 amide bonds. The van der Waals surface area contributed by atoms with Gasteiger partial charge in [0.2, 0.25) is 5.88 Å². The molecule has 1 atom stereocenters. The van der Waals surface area contributed by atoms with Gasteiger partial charge in [-0.05, 0) is 43.9 Å². The first-order chi connectivity index (χ1) is 17.6. The zero-order chi connectivity index (χ0) is 26.6. The molecule has 0 radical (unpaired) electrons. The highest BCUT2D eigenvalue weighted by Crippen LogP contribution is 2.28. The summed E-state index contributed by atoms with van der Waals surface area (Å²) >= 11 is 1.06. The molecule has 198 valence electrons. The molecule has 1 fully saturated rings. The van der Waals surface area contributed by atoms with Crippen LogP contribution in [0.5, 0.6) is 5.88 Å². The number of likely N-dealkylation sites (tertiary alicyclic amines) is 1. The van der Waals surface area contributed by atoms with Crippen LogP contribution < -0.4 is 10.1 Å². The second-order valence-electron chi connectivity index (χ2n) is 8.51. The monoisotopic (exact) mass is 542 g/mol. The molecular formula is C23H23F5N6O2S. The number of rotatable bonds is 8. The maximum atomic E-state index is 13.0. The minimum absolute atomic E-state index is 0.0917. The van der Waals surface area contributed by atoms with Crippen LogP contribution in [0, 0.1) is 6.92 Å². The van der Waals surface area contributed by atoms with Crippen molar-refractivity contribution >= 4 is 23.1 Å². The van der Waals surface area contributed by atoms with E-state index in [1.165, 1.54) is 6.20 Å². The van der Waals surface area contributed by atoms with E-state index >= 15 is 0 Å². The number of aryl methyl sites for hydroxylation is 1. The Morgan fingerprint density at radius 2 is 2.03 bits per heavy atom. The third-order valence-corrected chi connectivity index (χ3v) is 6.57. The van der Waals surface area contributed by atoms with Gasteiger partial charge in [-0.2, -0.15) is 17.5 Å². The van der Waals surface area contributed by atoms with Gasteiger partial charge in [0.25, 0.3) is 12.3 Å². The highest BCUT2D eigenvalue weighted by atomic mass is 32.1. The topological polar surface area (TPSA) is 93.1 Å². The minimum atomic E-state index is -4.59. The molecule has 1 aliphatic heterocycles. The highest BCUT2D eigenvalue weighted by molar-refractivity contribution is 7.06. The van der Waals surface area contributed by atoms with E-state index in [-0.39, 0.29) is 24.8 Å². The quantitative estimate of drug-likeness (QED) is 0.416. The second-order valence-corrected chi connectivity index (χ2v) is 9.36. The van der Waals surface area contributed by atoms with Gasteiger partial charge in [0.15, 0.2) is 5.69 Å². The van der Waals surface area contributed by atoms with E-state index in [9.17, 15) is 26.7 Å². The molecule has 14 heteroatoms. The Morgan fingerprint density at radius 1 is 1.22 bits per heavy atom. The molecule has 0 bridgehead atoms. The van der Waals surface area contributed by atoms with Crippen molar-refractivity contribution < 1.29 is 31.5 Å². The Hall–Kier alpha value is -3.26. The van der Waals surface area contributed by atoms with Crippen molar-refractivity contribution in [3.05, 3.63) is 58.2 Å².